The second-order valence-corrected chi connectivity index (χ2v) is 15.8. The Kier molecular flexibility index (Phi) is 31.4. The second-order valence-electron chi connectivity index (χ2n) is 14.5. The number of carbonyl (C=O) groups is 2. The number of hydrogen-bond donors (Lipinski definition) is 2. The van der Waals surface area contributed by atoms with Gasteiger partial charge < -0.3 is 19.1 Å². The van der Waals surface area contributed by atoms with Gasteiger partial charge in [0.15, 0.2) is 6.10 Å². The number of phenolic OH excluding ortho intramolecular Hbond substituents is 1. The van der Waals surface area contributed by atoms with Crippen molar-refractivity contribution in [2.45, 2.75) is 200 Å². The molecule has 1 aromatic rings. The first-order chi connectivity index (χ1) is 25.8. The summed E-state index contributed by atoms with van der Waals surface area (Å²) >= 11 is 0. The second kappa shape index (κ2) is 34.2. The van der Waals surface area contributed by atoms with Crippen molar-refractivity contribution >= 4 is 19.8 Å². The highest BCUT2D eigenvalue weighted by Crippen LogP contribution is 2.44. The number of benzene rings is 1. The highest BCUT2D eigenvalue weighted by Gasteiger charge is 2.27. The van der Waals surface area contributed by atoms with E-state index < -0.39 is 32.5 Å². The van der Waals surface area contributed by atoms with Gasteiger partial charge in [-0.2, -0.15) is 0 Å². The third-order valence-corrected chi connectivity index (χ3v) is 10.3. The fourth-order valence-electron chi connectivity index (χ4n) is 6.09. The molecule has 0 radical (unpaired) electrons. The molecule has 2 N–H and O–H groups in total. The highest BCUT2D eigenvalue weighted by molar-refractivity contribution is 7.47. The number of phosphoric acid groups is 1. The summed E-state index contributed by atoms with van der Waals surface area (Å²) in [7, 11) is -4.59. The molecule has 0 heterocycles. The molecule has 1 rings (SSSR count). The Hall–Kier alpha value is -2.35. The standard InChI is InChI=1S/C43H75O9P/c1-3-5-7-9-11-13-15-17-18-20-22-24-26-28-30-32-43(46)51-41(38-50-53(47,48)52-40-35-33-39(44)34-36-40)37-49-42(45)31-29-27-25-23-21-19-16-14-12-10-8-6-4-2/h17-18,33-36,41,44H,3-16,19-32,37-38H2,1-2H3,(H,47,48)/b18-17-/t41-/m1/s1. The first-order valence-electron chi connectivity index (χ1n) is 21.2. The third-order valence-electron chi connectivity index (χ3n) is 9.34. The number of phenols is 1. The van der Waals surface area contributed by atoms with Gasteiger partial charge in [0.05, 0.1) is 0 Å². The molecular weight excluding hydrogens is 691 g/mol. The fourth-order valence-corrected chi connectivity index (χ4v) is 6.89. The SMILES string of the molecule is CCCCCCCC/C=C\CCCCCCCC(=O)O[C@H](COC(=O)CCCCCCCCCCCCCCC)COP(=O)(O)Oc1ccc(O)cc1. The molecule has 2 atom stereocenters. The number of rotatable bonds is 37. The van der Waals surface area contributed by atoms with E-state index in [0.717, 1.165) is 51.4 Å². The normalized spacial score (nSPS) is 13.2. The Morgan fingerprint density at radius 2 is 1.02 bits per heavy atom. The van der Waals surface area contributed by atoms with E-state index in [1.54, 1.807) is 0 Å². The van der Waals surface area contributed by atoms with Gasteiger partial charge in [-0.05, 0) is 62.8 Å². The van der Waals surface area contributed by atoms with Crippen LogP contribution in [0.25, 0.3) is 0 Å². The van der Waals surface area contributed by atoms with E-state index in [-0.39, 0.29) is 30.9 Å². The molecule has 0 amide bonds. The molecule has 0 fully saturated rings. The van der Waals surface area contributed by atoms with E-state index in [0.29, 0.717) is 6.42 Å². The Balaban J connectivity index is 2.34. The number of phosphoric ester groups is 1. The summed E-state index contributed by atoms with van der Waals surface area (Å²) in [6.45, 7) is 3.71. The van der Waals surface area contributed by atoms with E-state index in [9.17, 15) is 24.2 Å². The molecule has 0 saturated carbocycles. The first-order valence-corrected chi connectivity index (χ1v) is 22.7. The van der Waals surface area contributed by atoms with Crippen molar-refractivity contribution < 1.29 is 42.7 Å². The van der Waals surface area contributed by atoms with E-state index in [1.807, 2.05) is 0 Å². The average molecular weight is 767 g/mol. The van der Waals surface area contributed by atoms with Crippen LogP contribution in [0.1, 0.15) is 194 Å². The van der Waals surface area contributed by atoms with Crippen molar-refractivity contribution in [1.82, 2.24) is 0 Å². The number of aromatic hydroxyl groups is 1. The lowest BCUT2D eigenvalue weighted by Crippen LogP contribution is -2.29. The molecule has 1 aromatic carbocycles. The lowest BCUT2D eigenvalue weighted by Gasteiger charge is -2.20. The van der Waals surface area contributed by atoms with Crippen molar-refractivity contribution in [2.24, 2.45) is 0 Å². The van der Waals surface area contributed by atoms with E-state index in [1.165, 1.54) is 133 Å². The van der Waals surface area contributed by atoms with Crippen LogP contribution in [0.2, 0.25) is 0 Å². The zero-order valence-electron chi connectivity index (χ0n) is 33.5. The van der Waals surface area contributed by atoms with Crippen molar-refractivity contribution in [3.8, 4) is 11.5 Å². The zero-order chi connectivity index (χ0) is 38.7. The van der Waals surface area contributed by atoms with Crippen LogP contribution in [0.15, 0.2) is 36.4 Å². The molecule has 0 aliphatic rings. The Labute approximate surface area is 322 Å². The molecule has 9 nitrogen and oxygen atoms in total. The molecule has 53 heavy (non-hydrogen) atoms. The van der Waals surface area contributed by atoms with Gasteiger partial charge in [0, 0.05) is 12.8 Å². The number of allylic oxidation sites excluding steroid dienone is 2. The van der Waals surface area contributed by atoms with Gasteiger partial charge in [-0.15, -0.1) is 0 Å². The molecule has 0 bridgehead atoms. The number of esters is 2. The summed E-state index contributed by atoms with van der Waals surface area (Å²) in [5, 5.41) is 9.45. The van der Waals surface area contributed by atoms with E-state index >= 15 is 0 Å². The Morgan fingerprint density at radius 1 is 0.604 bits per heavy atom. The molecule has 0 spiro atoms. The molecule has 1 unspecified atom stereocenters. The minimum Gasteiger partial charge on any atom is -0.508 e. The van der Waals surface area contributed by atoms with Gasteiger partial charge in [-0.3, -0.25) is 19.0 Å². The summed E-state index contributed by atoms with van der Waals surface area (Å²) in [6, 6.07) is 5.27. The molecule has 0 aliphatic heterocycles. The summed E-state index contributed by atoms with van der Waals surface area (Å²) in [5.41, 5.74) is 0. The Morgan fingerprint density at radius 3 is 1.49 bits per heavy atom. The fraction of sp³-hybridized carbons (Fsp3) is 0.767. The largest absolute Gasteiger partial charge is 0.527 e. The maximum atomic E-state index is 12.7. The summed E-state index contributed by atoms with van der Waals surface area (Å²) < 4.78 is 33.7. The van der Waals surface area contributed by atoms with Crippen molar-refractivity contribution in [1.29, 1.82) is 0 Å². The monoisotopic (exact) mass is 767 g/mol. The lowest BCUT2D eigenvalue weighted by atomic mass is 10.0. The van der Waals surface area contributed by atoms with Gasteiger partial charge in [-0.25, -0.2) is 4.57 Å². The first kappa shape index (κ1) is 48.7. The van der Waals surface area contributed by atoms with Crippen molar-refractivity contribution in [2.75, 3.05) is 13.2 Å². The number of hydrogen-bond acceptors (Lipinski definition) is 8. The topological polar surface area (TPSA) is 129 Å². The molecule has 0 aromatic heterocycles. The van der Waals surface area contributed by atoms with Gasteiger partial charge in [0.25, 0.3) is 0 Å². The summed E-state index contributed by atoms with van der Waals surface area (Å²) in [5.74, 6) is -0.879. The van der Waals surface area contributed by atoms with Gasteiger partial charge >= 0.3 is 19.8 Å². The number of ether oxygens (including phenoxy) is 2. The van der Waals surface area contributed by atoms with E-state index in [4.69, 9.17) is 18.5 Å². The molecule has 306 valence electrons. The van der Waals surface area contributed by atoms with Gasteiger partial charge in [0.2, 0.25) is 0 Å². The van der Waals surface area contributed by atoms with Crippen LogP contribution >= 0.6 is 7.82 Å². The predicted molar refractivity (Wildman–Crippen MR) is 215 cm³/mol. The van der Waals surface area contributed by atoms with Crippen LogP contribution in [0, 0.1) is 0 Å². The average Bonchev–Trinajstić information content (AvgIpc) is 3.14. The smallest absolute Gasteiger partial charge is 0.508 e. The molecule has 0 aliphatic carbocycles. The van der Waals surface area contributed by atoms with Crippen LogP contribution in [0.5, 0.6) is 11.5 Å². The van der Waals surface area contributed by atoms with Crippen molar-refractivity contribution in [3.63, 3.8) is 0 Å². The van der Waals surface area contributed by atoms with Gasteiger partial charge in [-0.1, -0.05) is 154 Å². The minimum absolute atomic E-state index is 0.0233. The predicted octanol–water partition coefficient (Wildman–Crippen LogP) is 12.9. The molecule has 10 heteroatoms. The summed E-state index contributed by atoms with van der Waals surface area (Å²) in [4.78, 5) is 35.4. The minimum atomic E-state index is -4.59. The van der Waals surface area contributed by atoms with Crippen molar-refractivity contribution in [3.05, 3.63) is 36.4 Å². The van der Waals surface area contributed by atoms with Crippen LogP contribution in [-0.4, -0.2) is 41.3 Å². The van der Waals surface area contributed by atoms with E-state index in [2.05, 4.69) is 26.0 Å². The molecular formula is C43H75O9P. The highest BCUT2D eigenvalue weighted by atomic mass is 31.2. The van der Waals surface area contributed by atoms with Crippen LogP contribution in [-0.2, 0) is 28.2 Å². The quantitative estimate of drug-likeness (QED) is 0.0294. The van der Waals surface area contributed by atoms with Crippen LogP contribution in [0.3, 0.4) is 0 Å². The van der Waals surface area contributed by atoms with Crippen LogP contribution in [0.4, 0.5) is 0 Å². The maximum Gasteiger partial charge on any atom is 0.527 e. The maximum absolute atomic E-state index is 12.7. The third kappa shape index (κ3) is 31.7. The van der Waals surface area contributed by atoms with Crippen LogP contribution < -0.4 is 4.52 Å². The van der Waals surface area contributed by atoms with Gasteiger partial charge in [0.1, 0.15) is 24.7 Å². The lowest BCUT2D eigenvalue weighted by molar-refractivity contribution is -0.161. The summed E-state index contributed by atoms with van der Waals surface area (Å²) in [6.07, 6.45) is 34.8. The number of unbranched alkanes of at least 4 members (excludes halogenated alkanes) is 23. The number of carbonyl (C=O) groups excluding carboxylic acids is 2. The molecule has 0 saturated heterocycles. The zero-order valence-corrected chi connectivity index (χ0v) is 34.3. The Bertz CT molecular complexity index is 1090.